The van der Waals surface area contributed by atoms with Crippen LogP contribution in [-0.4, -0.2) is 50.3 Å². The number of primary amides is 1. The van der Waals surface area contributed by atoms with Crippen LogP contribution in [0.1, 0.15) is 6.42 Å². The minimum Gasteiger partial charge on any atom is -0.461 e. The molecule has 8 nitrogen and oxygen atoms in total. The summed E-state index contributed by atoms with van der Waals surface area (Å²) >= 11 is 1.24. The molecule has 0 aliphatic rings. The van der Waals surface area contributed by atoms with Gasteiger partial charge in [-0.1, -0.05) is 23.9 Å². The lowest BCUT2D eigenvalue weighted by Crippen LogP contribution is -2.32. The molecule has 0 aliphatic heterocycles. The fourth-order valence-electron chi connectivity index (χ4n) is 2.21. The Morgan fingerprint density at radius 1 is 1.31 bits per heavy atom. The molecule has 0 atom stereocenters. The van der Waals surface area contributed by atoms with Gasteiger partial charge in [0.15, 0.2) is 16.7 Å². The number of amides is 2. The van der Waals surface area contributed by atoms with Crippen molar-refractivity contribution in [2.45, 2.75) is 18.1 Å². The van der Waals surface area contributed by atoms with Gasteiger partial charge in [0.25, 0.3) is 0 Å². The molecule has 0 aromatic carbocycles. The predicted octanol–water partition coefficient (Wildman–Crippen LogP) is 1.71. The van der Waals surface area contributed by atoms with Crippen molar-refractivity contribution in [2.75, 3.05) is 18.8 Å². The van der Waals surface area contributed by atoms with Crippen LogP contribution in [-0.2, 0) is 16.1 Å². The molecule has 0 bridgehead atoms. The summed E-state index contributed by atoms with van der Waals surface area (Å²) in [5, 5.41) is 8.76. The molecule has 2 rings (SSSR count). The fourth-order valence-corrected chi connectivity index (χ4v) is 3.08. The summed E-state index contributed by atoms with van der Waals surface area (Å²) in [6, 6.07) is 3.49. The van der Waals surface area contributed by atoms with E-state index < -0.39 is 5.91 Å². The van der Waals surface area contributed by atoms with E-state index >= 15 is 0 Å². The van der Waals surface area contributed by atoms with Gasteiger partial charge in [0.05, 0.1) is 12.0 Å². The second-order valence-corrected chi connectivity index (χ2v) is 6.26. The zero-order valence-corrected chi connectivity index (χ0v) is 15.2. The van der Waals surface area contributed by atoms with Crippen molar-refractivity contribution in [3.63, 3.8) is 0 Å². The highest BCUT2D eigenvalue weighted by Gasteiger charge is 2.19. The van der Waals surface area contributed by atoms with Crippen LogP contribution in [0.3, 0.4) is 0 Å². The van der Waals surface area contributed by atoms with Crippen molar-refractivity contribution < 1.29 is 14.0 Å². The molecule has 0 radical (unpaired) electrons. The smallest absolute Gasteiger partial charge is 0.233 e. The third-order valence-corrected chi connectivity index (χ3v) is 4.37. The van der Waals surface area contributed by atoms with Gasteiger partial charge >= 0.3 is 0 Å². The lowest BCUT2D eigenvalue weighted by atomic mass is 10.3. The highest BCUT2D eigenvalue weighted by Crippen LogP contribution is 2.25. The number of hydrogen-bond donors (Lipinski definition) is 1. The first-order chi connectivity index (χ1) is 12.6. The Labute approximate surface area is 155 Å². The van der Waals surface area contributed by atoms with Gasteiger partial charge < -0.3 is 15.1 Å². The molecule has 0 saturated heterocycles. The van der Waals surface area contributed by atoms with E-state index in [1.54, 1.807) is 33.8 Å². The van der Waals surface area contributed by atoms with Gasteiger partial charge in [-0.3, -0.25) is 14.2 Å². The number of carbonyl (C=O) groups excluding carboxylic acids is 2. The lowest BCUT2D eigenvalue weighted by molar-refractivity contribution is -0.127. The van der Waals surface area contributed by atoms with E-state index in [9.17, 15) is 9.59 Å². The van der Waals surface area contributed by atoms with Crippen molar-refractivity contribution >= 4 is 23.6 Å². The first kappa shape index (κ1) is 19.5. The molecule has 9 heteroatoms. The average Bonchev–Trinajstić information content (AvgIpc) is 3.26. The van der Waals surface area contributed by atoms with Crippen molar-refractivity contribution in [1.82, 2.24) is 19.7 Å². The number of nitrogens with zero attached hydrogens (tertiary/aromatic N) is 4. The highest BCUT2D eigenvalue weighted by molar-refractivity contribution is 7.99. The van der Waals surface area contributed by atoms with Gasteiger partial charge in [0, 0.05) is 26.1 Å². The Balaban J connectivity index is 2.15. The van der Waals surface area contributed by atoms with Crippen LogP contribution in [0.4, 0.5) is 0 Å². The topological polar surface area (TPSA) is 107 Å². The van der Waals surface area contributed by atoms with Crippen molar-refractivity contribution in [1.29, 1.82) is 0 Å². The van der Waals surface area contributed by atoms with Crippen molar-refractivity contribution in [2.24, 2.45) is 5.73 Å². The predicted molar refractivity (Wildman–Crippen MR) is 99.2 cm³/mol. The quantitative estimate of drug-likeness (QED) is 0.473. The van der Waals surface area contributed by atoms with E-state index in [2.05, 4.69) is 23.4 Å². The Kier molecular flexibility index (Phi) is 7.22. The van der Waals surface area contributed by atoms with Crippen LogP contribution in [0.25, 0.3) is 11.6 Å². The van der Waals surface area contributed by atoms with Crippen LogP contribution in [0.5, 0.6) is 0 Å². The van der Waals surface area contributed by atoms with Gasteiger partial charge in [-0.2, -0.15) is 0 Å². The summed E-state index contributed by atoms with van der Waals surface area (Å²) in [7, 11) is 0. The largest absolute Gasteiger partial charge is 0.461 e. The number of hydrogen-bond acceptors (Lipinski definition) is 6. The van der Waals surface area contributed by atoms with E-state index in [1.807, 2.05) is 0 Å². The first-order valence-corrected chi connectivity index (χ1v) is 8.93. The minimum absolute atomic E-state index is 0.0706. The number of furan rings is 1. The normalized spacial score (nSPS) is 10.5. The molecular formula is C17H21N5O3S. The zero-order valence-electron chi connectivity index (χ0n) is 14.3. The maximum absolute atomic E-state index is 12.4. The van der Waals surface area contributed by atoms with E-state index in [4.69, 9.17) is 10.2 Å². The van der Waals surface area contributed by atoms with E-state index in [0.29, 0.717) is 36.4 Å². The monoisotopic (exact) mass is 375 g/mol. The van der Waals surface area contributed by atoms with Crippen LogP contribution >= 0.6 is 11.8 Å². The molecule has 0 fully saturated rings. The number of carbonyl (C=O) groups is 2. The third kappa shape index (κ3) is 5.09. The van der Waals surface area contributed by atoms with Crippen LogP contribution < -0.4 is 5.73 Å². The molecule has 2 heterocycles. The highest BCUT2D eigenvalue weighted by atomic mass is 32.2. The molecular weight excluding hydrogens is 354 g/mol. The van der Waals surface area contributed by atoms with E-state index in [1.165, 1.54) is 18.0 Å². The average molecular weight is 375 g/mol. The second-order valence-electron chi connectivity index (χ2n) is 5.32. The molecule has 2 N–H and O–H groups in total. The Morgan fingerprint density at radius 3 is 2.62 bits per heavy atom. The van der Waals surface area contributed by atoms with Gasteiger partial charge in [-0.05, 0) is 12.1 Å². The SMILES string of the molecule is C=CCN(CC=C)C(=O)CSc1nnc(-c2ccco2)n1CCC(N)=O. The Morgan fingerprint density at radius 2 is 2.04 bits per heavy atom. The molecule has 0 saturated carbocycles. The van der Waals surface area contributed by atoms with Crippen molar-refractivity contribution in [3.8, 4) is 11.6 Å². The maximum Gasteiger partial charge on any atom is 0.233 e. The Bertz CT molecular complexity index is 759. The standard InChI is InChI=1S/C17H21N5O3S/c1-3-8-21(9-4-2)15(24)12-26-17-20-19-16(13-6-5-11-25-13)22(17)10-7-14(18)23/h3-6,11H,1-2,7-10,12H2,(H2,18,23). The number of nitrogens with two attached hydrogens (primary N) is 1. The van der Waals surface area contributed by atoms with Crippen molar-refractivity contribution in [3.05, 3.63) is 43.7 Å². The fraction of sp³-hybridized carbons (Fsp3) is 0.294. The summed E-state index contributed by atoms with van der Waals surface area (Å²) in [5.41, 5.74) is 5.25. The van der Waals surface area contributed by atoms with Gasteiger partial charge in [0.2, 0.25) is 11.8 Å². The third-order valence-electron chi connectivity index (χ3n) is 3.42. The van der Waals surface area contributed by atoms with Crippen LogP contribution in [0.2, 0.25) is 0 Å². The van der Waals surface area contributed by atoms with Crippen LogP contribution in [0, 0.1) is 0 Å². The number of aromatic nitrogens is 3. The van der Waals surface area contributed by atoms with E-state index in [0.717, 1.165) is 0 Å². The van der Waals surface area contributed by atoms with Gasteiger partial charge in [0.1, 0.15) is 0 Å². The minimum atomic E-state index is -0.431. The Hall–Kier alpha value is -2.81. The molecule has 26 heavy (non-hydrogen) atoms. The second kappa shape index (κ2) is 9.62. The summed E-state index contributed by atoms with van der Waals surface area (Å²) in [6.07, 6.45) is 4.99. The van der Waals surface area contributed by atoms with Gasteiger partial charge in [-0.15, -0.1) is 23.4 Å². The maximum atomic E-state index is 12.4. The molecule has 2 aromatic heterocycles. The lowest BCUT2D eigenvalue weighted by Gasteiger charge is -2.18. The molecule has 2 aromatic rings. The number of thioether (sulfide) groups is 1. The van der Waals surface area contributed by atoms with Crippen LogP contribution in [0.15, 0.2) is 53.3 Å². The summed E-state index contributed by atoms with van der Waals surface area (Å²) in [5.74, 6) is 0.688. The molecule has 2 amide bonds. The molecule has 0 unspecified atom stereocenters. The first-order valence-electron chi connectivity index (χ1n) is 7.94. The summed E-state index contributed by atoms with van der Waals surface area (Å²) < 4.78 is 7.09. The zero-order chi connectivity index (χ0) is 18.9. The summed E-state index contributed by atoms with van der Waals surface area (Å²) in [6.45, 7) is 8.50. The molecule has 138 valence electrons. The number of rotatable bonds is 11. The molecule has 0 aliphatic carbocycles. The molecule has 0 spiro atoms. The van der Waals surface area contributed by atoms with Gasteiger partial charge in [-0.25, -0.2) is 0 Å². The van der Waals surface area contributed by atoms with E-state index in [-0.39, 0.29) is 18.1 Å². The summed E-state index contributed by atoms with van der Waals surface area (Å²) in [4.78, 5) is 25.2.